The van der Waals surface area contributed by atoms with Gasteiger partial charge in [-0.1, -0.05) is 19.4 Å². The summed E-state index contributed by atoms with van der Waals surface area (Å²) in [6.07, 6.45) is 13.1. The number of rotatable bonds is 0. The zero-order chi connectivity index (χ0) is 15.9. The van der Waals surface area contributed by atoms with Crippen molar-refractivity contribution in [2.24, 2.45) is 28.6 Å². The SMILES string of the molecule is C[C@]12CCC(=O)C=C1CC[C@@H]1[C@H]2CC[C@@]2(C)[C@H]1CC[C@@]21CCO1. The van der Waals surface area contributed by atoms with Gasteiger partial charge in [-0.2, -0.15) is 0 Å². The minimum absolute atomic E-state index is 0.238. The average Bonchev–Trinajstić information content (AvgIpc) is 2.81. The van der Waals surface area contributed by atoms with Gasteiger partial charge in [-0.3, -0.25) is 4.79 Å². The number of fused-ring (bicyclic) bond motifs is 6. The zero-order valence-corrected chi connectivity index (χ0v) is 14.7. The monoisotopic (exact) mass is 314 g/mol. The molecule has 5 aliphatic rings. The fourth-order valence-corrected chi connectivity index (χ4v) is 7.65. The van der Waals surface area contributed by atoms with Crippen LogP contribution >= 0.6 is 0 Å². The van der Waals surface area contributed by atoms with Crippen LogP contribution in [-0.2, 0) is 9.53 Å². The molecule has 126 valence electrons. The Morgan fingerprint density at radius 3 is 2.52 bits per heavy atom. The largest absolute Gasteiger partial charge is 0.374 e. The molecule has 4 fully saturated rings. The van der Waals surface area contributed by atoms with Crippen LogP contribution in [0.15, 0.2) is 11.6 Å². The van der Waals surface area contributed by atoms with Crippen molar-refractivity contribution in [1.82, 2.24) is 0 Å². The summed E-state index contributed by atoms with van der Waals surface area (Å²) in [5, 5.41) is 0. The lowest BCUT2D eigenvalue weighted by Crippen LogP contribution is -2.59. The number of carbonyl (C=O) groups excluding carboxylic acids is 1. The molecule has 5 rings (SSSR count). The number of ether oxygens (including phenoxy) is 1. The lowest BCUT2D eigenvalue weighted by Gasteiger charge is -2.61. The van der Waals surface area contributed by atoms with Crippen LogP contribution in [0.2, 0.25) is 0 Å². The Morgan fingerprint density at radius 2 is 1.78 bits per heavy atom. The smallest absolute Gasteiger partial charge is 0.155 e. The molecule has 0 aromatic carbocycles. The van der Waals surface area contributed by atoms with Crippen LogP contribution in [0.1, 0.15) is 71.6 Å². The van der Waals surface area contributed by atoms with Crippen LogP contribution in [-0.4, -0.2) is 18.0 Å². The molecule has 3 saturated carbocycles. The number of allylic oxidation sites excluding steroid dienone is 1. The standard InChI is InChI=1S/C21H30O2/c1-19-8-5-15(22)13-14(19)3-4-16-17(19)6-9-20(2)18(16)7-10-21(20)11-12-23-21/h13,16-18H,3-12H2,1-2H3/t16-,17-,18+,19+,20+,21-/m1/s1. The second-order valence-corrected chi connectivity index (χ2v) is 9.56. The highest BCUT2D eigenvalue weighted by Crippen LogP contribution is 2.70. The van der Waals surface area contributed by atoms with Crippen LogP contribution in [0.3, 0.4) is 0 Å². The average molecular weight is 314 g/mol. The molecule has 1 heterocycles. The van der Waals surface area contributed by atoms with Crippen molar-refractivity contribution < 1.29 is 9.53 Å². The van der Waals surface area contributed by atoms with Crippen LogP contribution in [0.25, 0.3) is 0 Å². The maximum Gasteiger partial charge on any atom is 0.155 e. The highest BCUT2D eigenvalue weighted by molar-refractivity contribution is 5.91. The summed E-state index contributed by atoms with van der Waals surface area (Å²) in [5.41, 5.74) is 2.47. The van der Waals surface area contributed by atoms with E-state index >= 15 is 0 Å². The molecule has 6 atom stereocenters. The second kappa shape index (κ2) is 4.50. The van der Waals surface area contributed by atoms with Gasteiger partial charge in [0.1, 0.15) is 0 Å². The summed E-state index contributed by atoms with van der Waals surface area (Å²) in [6.45, 7) is 6.02. The van der Waals surface area contributed by atoms with Crippen LogP contribution in [0.5, 0.6) is 0 Å². The fraction of sp³-hybridized carbons (Fsp3) is 0.857. The van der Waals surface area contributed by atoms with Gasteiger partial charge in [0, 0.05) is 12.8 Å². The van der Waals surface area contributed by atoms with Gasteiger partial charge in [0.15, 0.2) is 5.78 Å². The minimum Gasteiger partial charge on any atom is -0.374 e. The Hall–Kier alpha value is -0.630. The topological polar surface area (TPSA) is 26.3 Å². The maximum absolute atomic E-state index is 11.9. The van der Waals surface area contributed by atoms with E-state index < -0.39 is 0 Å². The number of ketones is 1. The predicted molar refractivity (Wildman–Crippen MR) is 90.0 cm³/mol. The Morgan fingerprint density at radius 1 is 1.00 bits per heavy atom. The molecule has 1 aliphatic heterocycles. The Labute approximate surface area is 140 Å². The van der Waals surface area contributed by atoms with Crippen molar-refractivity contribution >= 4 is 5.78 Å². The summed E-state index contributed by atoms with van der Waals surface area (Å²) < 4.78 is 6.22. The van der Waals surface area contributed by atoms with Gasteiger partial charge in [-0.25, -0.2) is 0 Å². The van der Waals surface area contributed by atoms with Crippen molar-refractivity contribution in [2.75, 3.05) is 6.61 Å². The lowest BCUT2D eigenvalue weighted by molar-refractivity contribution is -0.226. The fourth-order valence-electron chi connectivity index (χ4n) is 7.65. The molecule has 2 heteroatoms. The zero-order valence-electron chi connectivity index (χ0n) is 14.7. The molecule has 0 aromatic rings. The highest BCUT2D eigenvalue weighted by Gasteiger charge is 2.66. The van der Waals surface area contributed by atoms with E-state index in [-0.39, 0.29) is 5.60 Å². The first-order valence-electron chi connectivity index (χ1n) is 9.86. The van der Waals surface area contributed by atoms with Crippen molar-refractivity contribution in [3.8, 4) is 0 Å². The summed E-state index contributed by atoms with van der Waals surface area (Å²) in [6, 6.07) is 0. The van der Waals surface area contributed by atoms with Gasteiger partial charge in [-0.05, 0) is 79.6 Å². The highest BCUT2D eigenvalue weighted by atomic mass is 16.5. The van der Waals surface area contributed by atoms with Gasteiger partial charge in [0.25, 0.3) is 0 Å². The maximum atomic E-state index is 11.9. The summed E-state index contributed by atoms with van der Waals surface area (Å²) in [4.78, 5) is 11.9. The van der Waals surface area contributed by atoms with Gasteiger partial charge in [-0.15, -0.1) is 0 Å². The van der Waals surface area contributed by atoms with Gasteiger partial charge in [0.2, 0.25) is 0 Å². The van der Waals surface area contributed by atoms with E-state index in [1.54, 1.807) is 0 Å². The quantitative estimate of drug-likeness (QED) is 0.649. The third-order valence-electron chi connectivity index (χ3n) is 9.14. The van der Waals surface area contributed by atoms with Crippen LogP contribution in [0.4, 0.5) is 0 Å². The Kier molecular flexibility index (Phi) is 2.88. The first kappa shape index (κ1) is 14.7. The molecule has 2 nitrogen and oxygen atoms in total. The summed E-state index contributed by atoms with van der Waals surface area (Å²) in [7, 11) is 0. The number of carbonyl (C=O) groups is 1. The molecule has 0 unspecified atom stereocenters. The first-order chi connectivity index (χ1) is 11.0. The predicted octanol–water partition coefficient (Wildman–Crippen LogP) is 4.68. The van der Waals surface area contributed by atoms with E-state index in [1.807, 2.05) is 6.08 Å². The molecular formula is C21H30O2. The third kappa shape index (κ3) is 1.67. The lowest BCUT2D eigenvalue weighted by atomic mass is 9.46. The third-order valence-corrected chi connectivity index (χ3v) is 9.14. The van der Waals surface area contributed by atoms with Gasteiger partial charge < -0.3 is 4.74 Å². The first-order valence-corrected chi connectivity index (χ1v) is 9.86. The van der Waals surface area contributed by atoms with E-state index in [1.165, 1.54) is 50.5 Å². The normalized spacial score (nSPS) is 54.8. The van der Waals surface area contributed by atoms with E-state index in [2.05, 4.69) is 13.8 Å². The Bertz CT molecular complexity index is 587. The van der Waals surface area contributed by atoms with E-state index in [0.717, 1.165) is 37.2 Å². The molecule has 4 aliphatic carbocycles. The van der Waals surface area contributed by atoms with Crippen molar-refractivity contribution in [2.45, 2.75) is 77.2 Å². The van der Waals surface area contributed by atoms with Crippen molar-refractivity contribution in [3.05, 3.63) is 11.6 Å². The minimum atomic E-state index is 0.238. The molecule has 1 saturated heterocycles. The molecular weight excluding hydrogens is 284 g/mol. The van der Waals surface area contributed by atoms with Gasteiger partial charge in [0.05, 0.1) is 12.2 Å². The molecule has 23 heavy (non-hydrogen) atoms. The molecule has 0 radical (unpaired) electrons. The van der Waals surface area contributed by atoms with Crippen molar-refractivity contribution in [1.29, 1.82) is 0 Å². The van der Waals surface area contributed by atoms with Crippen molar-refractivity contribution in [3.63, 3.8) is 0 Å². The van der Waals surface area contributed by atoms with Crippen LogP contribution < -0.4 is 0 Å². The molecule has 0 amide bonds. The van der Waals surface area contributed by atoms with E-state index in [0.29, 0.717) is 16.6 Å². The summed E-state index contributed by atoms with van der Waals surface area (Å²) >= 11 is 0. The molecule has 0 bridgehead atoms. The molecule has 0 N–H and O–H groups in total. The van der Waals surface area contributed by atoms with E-state index in [9.17, 15) is 4.79 Å². The van der Waals surface area contributed by atoms with Crippen LogP contribution in [0, 0.1) is 28.6 Å². The van der Waals surface area contributed by atoms with Gasteiger partial charge >= 0.3 is 0 Å². The van der Waals surface area contributed by atoms with E-state index in [4.69, 9.17) is 4.74 Å². The second-order valence-electron chi connectivity index (χ2n) is 9.56. The summed E-state index contributed by atoms with van der Waals surface area (Å²) in [5.74, 6) is 2.91. The molecule has 1 spiro atoms. The molecule has 0 aromatic heterocycles. The Balaban J connectivity index is 1.50. The number of hydrogen-bond acceptors (Lipinski definition) is 2. The number of hydrogen-bond donors (Lipinski definition) is 0.